The number of ether oxygens (including phenoxy) is 1. The Morgan fingerprint density at radius 2 is 1.85 bits per heavy atom. The van der Waals surface area contributed by atoms with Gasteiger partial charge in [0.2, 0.25) is 11.1 Å². The molecule has 0 aliphatic rings. The molecule has 1 atom stereocenters. The molecule has 3 aromatic rings. The lowest BCUT2D eigenvalue weighted by molar-refractivity contribution is -0.386. The summed E-state index contributed by atoms with van der Waals surface area (Å²) in [7, 11) is 1.62. The van der Waals surface area contributed by atoms with E-state index in [2.05, 4.69) is 5.10 Å². The van der Waals surface area contributed by atoms with E-state index in [4.69, 9.17) is 4.74 Å². The lowest BCUT2D eigenvalue weighted by Crippen LogP contribution is -2.24. The maximum atomic E-state index is 12.5. The molecular weight excluding hydrogens is 338 g/mol. The molecule has 0 bridgehead atoms. The van der Waals surface area contributed by atoms with Crippen molar-refractivity contribution in [3.63, 3.8) is 0 Å². The molecule has 0 amide bonds. The van der Waals surface area contributed by atoms with Gasteiger partial charge in [-0.05, 0) is 25.1 Å². The molecule has 0 saturated heterocycles. The van der Waals surface area contributed by atoms with Crippen molar-refractivity contribution in [2.24, 2.45) is 7.05 Å². The molecule has 3 rings (SSSR count). The first kappa shape index (κ1) is 17.3. The zero-order chi connectivity index (χ0) is 18.8. The van der Waals surface area contributed by atoms with E-state index in [0.717, 1.165) is 0 Å². The largest absolute Gasteiger partial charge is 0.453 e. The van der Waals surface area contributed by atoms with Crippen molar-refractivity contribution in [2.75, 3.05) is 0 Å². The third-order valence-corrected chi connectivity index (χ3v) is 4.01. The van der Waals surface area contributed by atoms with Crippen molar-refractivity contribution in [1.82, 2.24) is 9.78 Å². The zero-order valence-corrected chi connectivity index (χ0v) is 14.1. The Morgan fingerprint density at radius 1 is 1.19 bits per heavy atom. The van der Waals surface area contributed by atoms with Crippen molar-refractivity contribution in [2.45, 2.75) is 13.0 Å². The molecule has 0 aliphatic carbocycles. The van der Waals surface area contributed by atoms with Gasteiger partial charge in [0.25, 0.3) is 5.69 Å². The van der Waals surface area contributed by atoms with E-state index >= 15 is 0 Å². The topological polar surface area (TPSA) is 104 Å². The molecule has 0 aliphatic heterocycles. The normalized spacial score (nSPS) is 11.9. The predicted octanol–water partition coefficient (Wildman–Crippen LogP) is 2.76. The first-order chi connectivity index (χ1) is 12.4. The SMILES string of the molecule is CC(OC(=O)c1nn(C)c2ccccc2c1=O)c1ccccc1[N+](=O)[O-]. The van der Waals surface area contributed by atoms with Gasteiger partial charge in [-0.3, -0.25) is 19.6 Å². The highest BCUT2D eigenvalue weighted by atomic mass is 16.6. The van der Waals surface area contributed by atoms with Crippen LogP contribution in [0, 0.1) is 10.1 Å². The average molecular weight is 353 g/mol. The minimum atomic E-state index is -0.929. The fourth-order valence-electron chi connectivity index (χ4n) is 2.74. The summed E-state index contributed by atoms with van der Waals surface area (Å²) in [6.07, 6.45) is -0.915. The van der Waals surface area contributed by atoms with Crippen LogP contribution >= 0.6 is 0 Å². The molecule has 1 aromatic heterocycles. The van der Waals surface area contributed by atoms with Gasteiger partial charge in [0.05, 0.1) is 16.0 Å². The number of nitrogens with zero attached hydrogens (tertiary/aromatic N) is 3. The molecule has 0 saturated carbocycles. The first-order valence-electron chi connectivity index (χ1n) is 7.80. The monoisotopic (exact) mass is 353 g/mol. The second kappa shape index (κ2) is 6.75. The van der Waals surface area contributed by atoms with E-state index in [1.54, 1.807) is 37.4 Å². The predicted molar refractivity (Wildman–Crippen MR) is 93.9 cm³/mol. The Bertz CT molecular complexity index is 1070. The summed E-state index contributed by atoms with van der Waals surface area (Å²) >= 11 is 0. The fraction of sp³-hybridized carbons (Fsp3) is 0.167. The first-order valence-corrected chi connectivity index (χ1v) is 7.80. The Hall–Kier alpha value is -3.55. The van der Waals surface area contributed by atoms with E-state index in [9.17, 15) is 19.7 Å². The minimum Gasteiger partial charge on any atom is -0.453 e. The van der Waals surface area contributed by atoms with E-state index in [1.165, 1.54) is 29.8 Å². The quantitative estimate of drug-likeness (QED) is 0.406. The van der Waals surface area contributed by atoms with Gasteiger partial charge in [-0.2, -0.15) is 5.10 Å². The highest BCUT2D eigenvalue weighted by molar-refractivity contribution is 5.91. The molecule has 8 nitrogen and oxygen atoms in total. The number of para-hydroxylation sites is 2. The molecule has 1 heterocycles. The number of benzene rings is 2. The van der Waals surface area contributed by atoms with Gasteiger partial charge in [-0.15, -0.1) is 0 Å². The Morgan fingerprint density at radius 3 is 2.58 bits per heavy atom. The van der Waals surface area contributed by atoms with Crippen molar-refractivity contribution in [1.29, 1.82) is 0 Å². The van der Waals surface area contributed by atoms with Crippen LogP contribution in [0.3, 0.4) is 0 Å². The Labute approximate surface area is 147 Å². The Balaban J connectivity index is 1.97. The van der Waals surface area contributed by atoms with E-state index in [0.29, 0.717) is 10.9 Å². The smallest absolute Gasteiger partial charge is 0.363 e. The van der Waals surface area contributed by atoms with Crippen LogP contribution in [-0.2, 0) is 11.8 Å². The van der Waals surface area contributed by atoms with Crippen molar-refractivity contribution in [3.8, 4) is 0 Å². The third kappa shape index (κ3) is 3.04. The van der Waals surface area contributed by atoms with Crippen LogP contribution in [0.2, 0.25) is 0 Å². The molecular formula is C18H15N3O5. The standard InChI is InChI=1S/C18H15N3O5/c1-11(12-7-3-6-10-15(12)21(24)25)26-18(23)16-17(22)13-8-4-5-9-14(13)20(2)19-16/h3-11H,1-2H3. The molecule has 26 heavy (non-hydrogen) atoms. The van der Waals surface area contributed by atoms with Crippen LogP contribution < -0.4 is 5.43 Å². The van der Waals surface area contributed by atoms with Crippen molar-refractivity contribution < 1.29 is 14.5 Å². The Kier molecular flexibility index (Phi) is 4.49. The minimum absolute atomic E-state index is 0.160. The van der Waals surface area contributed by atoms with E-state index < -0.39 is 22.4 Å². The van der Waals surface area contributed by atoms with Gasteiger partial charge < -0.3 is 4.74 Å². The summed E-state index contributed by atoms with van der Waals surface area (Å²) in [6, 6.07) is 12.7. The summed E-state index contributed by atoms with van der Waals surface area (Å²) < 4.78 is 6.70. The molecule has 0 fully saturated rings. The van der Waals surface area contributed by atoms with Crippen LogP contribution in [0.15, 0.2) is 53.3 Å². The van der Waals surface area contributed by atoms with Crippen molar-refractivity contribution in [3.05, 3.63) is 80.1 Å². The second-order valence-corrected chi connectivity index (χ2v) is 5.68. The number of aromatic nitrogens is 2. The summed E-state index contributed by atoms with van der Waals surface area (Å²) in [6.45, 7) is 1.51. The second-order valence-electron chi connectivity index (χ2n) is 5.68. The highest BCUT2D eigenvalue weighted by Crippen LogP contribution is 2.27. The third-order valence-electron chi connectivity index (χ3n) is 4.01. The number of fused-ring (bicyclic) bond motifs is 1. The molecule has 0 spiro atoms. The lowest BCUT2D eigenvalue weighted by atomic mass is 10.1. The summed E-state index contributed by atoms with van der Waals surface area (Å²) in [5.41, 5.74) is -0.244. The number of rotatable bonds is 4. The van der Waals surface area contributed by atoms with Gasteiger partial charge in [0.15, 0.2) is 0 Å². The van der Waals surface area contributed by atoms with Crippen LogP contribution in [0.25, 0.3) is 10.9 Å². The van der Waals surface area contributed by atoms with Crippen LogP contribution in [0.4, 0.5) is 5.69 Å². The maximum Gasteiger partial charge on any atom is 0.363 e. The lowest BCUT2D eigenvalue weighted by Gasteiger charge is -2.14. The molecule has 1 unspecified atom stereocenters. The zero-order valence-electron chi connectivity index (χ0n) is 14.1. The van der Waals surface area contributed by atoms with Gasteiger partial charge in [0, 0.05) is 18.5 Å². The van der Waals surface area contributed by atoms with E-state index in [1.807, 2.05) is 0 Å². The molecule has 0 radical (unpaired) electrons. The average Bonchev–Trinajstić information content (AvgIpc) is 2.64. The van der Waals surface area contributed by atoms with Gasteiger partial charge in [0.1, 0.15) is 6.10 Å². The molecule has 8 heteroatoms. The van der Waals surface area contributed by atoms with E-state index in [-0.39, 0.29) is 16.9 Å². The highest BCUT2D eigenvalue weighted by Gasteiger charge is 2.24. The number of nitro groups is 1. The van der Waals surface area contributed by atoms with Gasteiger partial charge >= 0.3 is 5.97 Å². The summed E-state index contributed by atoms with van der Waals surface area (Å²) in [5, 5.41) is 15.5. The summed E-state index contributed by atoms with van der Waals surface area (Å²) in [4.78, 5) is 35.6. The number of carbonyl (C=O) groups is 1. The summed E-state index contributed by atoms with van der Waals surface area (Å²) in [5.74, 6) is -0.929. The molecule has 0 N–H and O–H groups in total. The number of aryl methyl sites for hydroxylation is 1. The number of hydrogen-bond donors (Lipinski definition) is 0. The van der Waals surface area contributed by atoms with Gasteiger partial charge in [-0.25, -0.2) is 4.79 Å². The number of hydrogen-bond acceptors (Lipinski definition) is 6. The van der Waals surface area contributed by atoms with Gasteiger partial charge in [-0.1, -0.05) is 24.3 Å². The maximum absolute atomic E-state index is 12.5. The fourth-order valence-corrected chi connectivity index (χ4v) is 2.74. The van der Waals surface area contributed by atoms with Crippen molar-refractivity contribution >= 4 is 22.6 Å². The molecule has 2 aromatic carbocycles. The van der Waals surface area contributed by atoms with Crippen LogP contribution in [0.5, 0.6) is 0 Å². The van der Waals surface area contributed by atoms with Crippen LogP contribution in [0.1, 0.15) is 29.1 Å². The number of carbonyl (C=O) groups excluding carboxylic acids is 1. The molecule has 132 valence electrons. The number of nitro benzene ring substituents is 1. The van der Waals surface area contributed by atoms with Crippen LogP contribution in [-0.4, -0.2) is 20.7 Å². The number of esters is 1.